The zero-order chi connectivity index (χ0) is 28.1. The maximum atomic E-state index is 13.0. The molecule has 4 rings (SSSR count). The van der Waals surface area contributed by atoms with Crippen molar-refractivity contribution in [1.29, 1.82) is 0 Å². The van der Waals surface area contributed by atoms with Crippen molar-refractivity contribution in [3.05, 3.63) is 54.3 Å². The van der Waals surface area contributed by atoms with Crippen molar-refractivity contribution in [2.45, 2.75) is 44.7 Å². The average Bonchev–Trinajstić information content (AvgIpc) is 3.60. The molecule has 3 heterocycles. The predicted octanol–water partition coefficient (Wildman–Crippen LogP) is 2.12. The van der Waals surface area contributed by atoms with Crippen molar-refractivity contribution < 1.29 is 14.3 Å². The first kappa shape index (κ1) is 28.2. The summed E-state index contributed by atoms with van der Waals surface area (Å²) < 4.78 is 4.87. The van der Waals surface area contributed by atoms with Gasteiger partial charge in [-0.1, -0.05) is 19.4 Å². The molecule has 1 unspecified atom stereocenters. The Morgan fingerprint density at radius 3 is 2.49 bits per heavy atom. The monoisotopic (exact) mass is 536 g/mol. The lowest BCUT2D eigenvalue weighted by molar-refractivity contribution is -0.146. The van der Waals surface area contributed by atoms with E-state index in [4.69, 9.17) is 15.5 Å². The van der Waals surface area contributed by atoms with E-state index in [1.54, 1.807) is 19.0 Å². The minimum Gasteiger partial charge on any atom is -0.468 e. The van der Waals surface area contributed by atoms with Gasteiger partial charge in [0.05, 0.1) is 19.0 Å². The van der Waals surface area contributed by atoms with Gasteiger partial charge in [0.15, 0.2) is 0 Å². The normalized spacial score (nSPS) is 21.3. The van der Waals surface area contributed by atoms with Crippen LogP contribution < -0.4 is 16.0 Å². The fourth-order valence-corrected chi connectivity index (χ4v) is 5.34. The quantitative estimate of drug-likeness (QED) is 0.482. The molecule has 39 heavy (non-hydrogen) atoms. The maximum Gasteiger partial charge on any atom is 0.322 e. The second kappa shape index (κ2) is 12.3. The van der Waals surface area contributed by atoms with Gasteiger partial charge in [0.25, 0.3) is 5.91 Å². The van der Waals surface area contributed by atoms with Crippen molar-refractivity contribution in [2.24, 2.45) is 10.7 Å². The number of ether oxygens (including phenoxy) is 1. The lowest BCUT2D eigenvalue weighted by atomic mass is 10.2. The average molecular weight is 537 g/mol. The molecule has 11 nitrogen and oxygen atoms in total. The van der Waals surface area contributed by atoms with Crippen molar-refractivity contribution in [1.82, 2.24) is 19.7 Å². The molecule has 1 aromatic heterocycles. The lowest BCUT2D eigenvalue weighted by Gasteiger charge is -2.38. The summed E-state index contributed by atoms with van der Waals surface area (Å²) in [6.07, 6.45) is 9.35. The van der Waals surface area contributed by atoms with Gasteiger partial charge in [0.2, 0.25) is 0 Å². The van der Waals surface area contributed by atoms with E-state index in [2.05, 4.69) is 26.7 Å². The largest absolute Gasteiger partial charge is 0.468 e. The van der Waals surface area contributed by atoms with Crippen LogP contribution in [0.25, 0.3) is 0 Å². The van der Waals surface area contributed by atoms with Crippen LogP contribution in [0.4, 0.5) is 11.5 Å². The summed E-state index contributed by atoms with van der Waals surface area (Å²) in [7, 11) is 4.91. The molecule has 0 radical (unpaired) electrons. The summed E-state index contributed by atoms with van der Waals surface area (Å²) in [6.45, 7) is 9.10. The molecule has 210 valence electrons. The third kappa shape index (κ3) is 6.25. The third-order valence-electron chi connectivity index (χ3n) is 7.56. The number of carbonyl (C=O) groups excluding carboxylic acids is 2. The Kier molecular flexibility index (Phi) is 8.90. The number of aliphatic imine (C=N–C) groups is 1. The van der Waals surface area contributed by atoms with Crippen LogP contribution in [0.15, 0.2) is 59.3 Å². The van der Waals surface area contributed by atoms with E-state index in [0.29, 0.717) is 28.7 Å². The van der Waals surface area contributed by atoms with Gasteiger partial charge >= 0.3 is 5.97 Å². The molecule has 1 aromatic rings. The van der Waals surface area contributed by atoms with Crippen molar-refractivity contribution in [3.63, 3.8) is 0 Å². The molecule has 0 bridgehead atoms. The molecule has 1 amide bonds. The molecule has 11 heteroatoms. The summed E-state index contributed by atoms with van der Waals surface area (Å²) in [4.78, 5) is 42.1. The number of methoxy groups -OCH3 is 1. The molecule has 2 fully saturated rings. The predicted molar refractivity (Wildman–Crippen MR) is 153 cm³/mol. The Bertz CT molecular complexity index is 1160. The Hall–Kier alpha value is -3.86. The topological polar surface area (TPSA) is 120 Å². The Balaban J connectivity index is 1.43. The molecule has 0 spiro atoms. The molecule has 3 aliphatic rings. The Morgan fingerprint density at radius 2 is 1.92 bits per heavy atom. The first-order valence-electron chi connectivity index (χ1n) is 13.5. The lowest BCUT2D eigenvalue weighted by Crippen LogP contribution is -2.52. The van der Waals surface area contributed by atoms with E-state index in [9.17, 15) is 9.59 Å². The smallest absolute Gasteiger partial charge is 0.322 e. The van der Waals surface area contributed by atoms with Crippen molar-refractivity contribution in [2.75, 3.05) is 57.6 Å². The molecule has 0 aromatic carbocycles. The number of piperazine rings is 1. The number of rotatable bonds is 8. The number of carbonyl (C=O) groups is 2. The summed E-state index contributed by atoms with van der Waals surface area (Å²) in [6, 6.07) is 3.85. The van der Waals surface area contributed by atoms with E-state index >= 15 is 0 Å². The van der Waals surface area contributed by atoms with Crippen LogP contribution >= 0.6 is 0 Å². The molecule has 1 saturated carbocycles. The summed E-state index contributed by atoms with van der Waals surface area (Å²) in [5.74, 6) is 1.36. The molecule has 1 atom stereocenters. The van der Waals surface area contributed by atoms with Gasteiger partial charge in [0, 0.05) is 58.1 Å². The summed E-state index contributed by atoms with van der Waals surface area (Å²) in [5.41, 5.74) is 8.24. The number of anilines is 2. The highest BCUT2D eigenvalue weighted by atomic mass is 16.5. The zero-order valence-electron chi connectivity index (χ0n) is 23.4. The molecule has 2 aliphatic heterocycles. The fraction of sp³-hybridized carbons (Fsp3) is 0.500. The number of hydrogen-bond donors (Lipinski definition) is 2. The van der Waals surface area contributed by atoms with Crippen LogP contribution in [0.2, 0.25) is 0 Å². The SMILES string of the molecule is C=C(/N=C1\C(=C/N)C=C(C(=O)N(C)C)N1C1CCCC1)Nc1ccc(N2CCN(C(C)C(=O)OC)CC2)cn1. The van der Waals surface area contributed by atoms with Crippen LogP contribution in [0.3, 0.4) is 0 Å². The van der Waals surface area contributed by atoms with E-state index < -0.39 is 0 Å². The number of hydrogen-bond acceptors (Lipinski definition) is 9. The van der Waals surface area contributed by atoms with Gasteiger partial charge < -0.3 is 30.5 Å². The Morgan fingerprint density at radius 1 is 1.23 bits per heavy atom. The van der Waals surface area contributed by atoms with Gasteiger partial charge in [0.1, 0.15) is 29.2 Å². The molecular formula is C28H40N8O3. The van der Waals surface area contributed by atoms with Crippen LogP contribution in [0, 0.1) is 0 Å². The second-order valence-corrected chi connectivity index (χ2v) is 10.3. The van der Waals surface area contributed by atoms with Crippen molar-refractivity contribution >= 4 is 29.2 Å². The van der Waals surface area contributed by atoms with Gasteiger partial charge in [-0.2, -0.15) is 0 Å². The first-order chi connectivity index (χ1) is 18.7. The Labute approximate surface area is 230 Å². The van der Waals surface area contributed by atoms with Crippen molar-refractivity contribution in [3.8, 4) is 0 Å². The van der Waals surface area contributed by atoms with E-state index in [-0.39, 0.29) is 24.0 Å². The highest BCUT2D eigenvalue weighted by molar-refractivity contribution is 6.12. The van der Waals surface area contributed by atoms with Crippen LogP contribution in [-0.2, 0) is 14.3 Å². The van der Waals surface area contributed by atoms with E-state index in [1.165, 1.54) is 13.3 Å². The zero-order valence-corrected chi connectivity index (χ0v) is 23.4. The van der Waals surface area contributed by atoms with Gasteiger partial charge in [-0.05, 0) is 38.0 Å². The highest BCUT2D eigenvalue weighted by Gasteiger charge is 2.37. The highest BCUT2D eigenvalue weighted by Crippen LogP contribution is 2.34. The maximum absolute atomic E-state index is 13.0. The minimum atomic E-state index is -0.249. The molecule has 3 N–H and O–H groups in total. The third-order valence-corrected chi connectivity index (χ3v) is 7.56. The number of nitrogens with two attached hydrogens (primary N) is 1. The van der Waals surface area contributed by atoms with Gasteiger partial charge in [-0.15, -0.1) is 0 Å². The first-order valence-corrected chi connectivity index (χ1v) is 13.5. The van der Waals surface area contributed by atoms with Gasteiger partial charge in [-0.3, -0.25) is 14.5 Å². The van der Waals surface area contributed by atoms with Crippen LogP contribution in [0.1, 0.15) is 32.6 Å². The fourth-order valence-electron chi connectivity index (χ4n) is 5.34. The summed E-state index contributed by atoms with van der Waals surface area (Å²) in [5, 5.41) is 3.18. The second-order valence-electron chi connectivity index (χ2n) is 10.3. The molecule has 1 aliphatic carbocycles. The number of likely N-dealkylation sites (N-methyl/N-ethyl adjacent to an activating group) is 1. The van der Waals surface area contributed by atoms with E-state index in [1.807, 2.05) is 36.2 Å². The minimum absolute atomic E-state index is 0.0807. The number of nitrogens with zero attached hydrogens (tertiary/aromatic N) is 6. The number of pyridine rings is 1. The molecular weight excluding hydrogens is 496 g/mol. The standard InChI is InChI=1S/C28H40N8O3/c1-19(28(38)39-5)34-12-14-35(15-13-34)23-10-11-25(30-18-23)31-20(2)32-26-21(17-29)16-24(27(37)33(3)4)36(26)22-8-6-7-9-22/h10-11,16-19,22H,2,6-9,12-15,29H2,1,3-5H3,(H,30,31)/b21-17-,32-26+. The number of amidine groups is 1. The number of esters is 1. The number of aromatic nitrogens is 1. The number of nitrogens with one attached hydrogen (secondary N) is 1. The van der Waals surface area contributed by atoms with Crippen LogP contribution in [0.5, 0.6) is 0 Å². The van der Waals surface area contributed by atoms with E-state index in [0.717, 1.165) is 57.5 Å². The number of amides is 1. The summed E-state index contributed by atoms with van der Waals surface area (Å²) >= 11 is 0. The van der Waals surface area contributed by atoms with Crippen LogP contribution in [-0.4, -0.2) is 96.9 Å². The molecule has 1 saturated heterocycles. The van der Waals surface area contributed by atoms with Gasteiger partial charge in [-0.25, -0.2) is 9.98 Å².